The van der Waals surface area contributed by atoms with Crippen molar-refractivity contribution in [1.29, 1.82) is 0 Å². The van der Waals surface area contributed by atoms with Gasteiger partial charge >= 0.3 is 0 Å². The highest BCUT2D eigenvalue weighted by Crippen LogP contribution is 2.34. The molecule has 0 bridgehead atoms. The Labute approximate surface area is 128 Å². The highest BCUT2D eigenvalue weighted by molar-refractivity contribution is 7.09. The minimum absolute atomic E-state index is 0.000844. The van der Waals surface area contributed by atoms with Crippen LogP contribution in [0.5, 0.6) is 0 Å². The van der Waals surface area contributed by atoms with Crippen molar-refractivity contribution in [3.63, 3.8) is 0 Å². The molecule has 1 atom stereocenters. The standard InChI is InChI=1S/C15H21N3O2S/c1-11(13-16-8-10-21-13)18-9-5-12(19)17-15(14(18)20)6-3-2-4-7-15/h8,10-11H,2-7,9H2,1H3,(H,17,19). The second-order valence-corrected chi connectivity index (χ2v) is 6.91. The first-order valence-electron chi connectivity index (χ1n) is 7.64. The summed E-state index contributed by atoms with van der Waals surface area (Å²) in [6.07, 6.45) is 6.82. The molecule has 1 unspecified atom stereocenters. The van der Waals surface area contributed by atoms with Crippen molar-refractivity contribution in [2.45, 2.75) is 57.0 Å². The highest BCUT2D eigenvalue weighted by atomic mass is 32.1. The first-order chi connectivity index (χ1) is 10.1. The third-order valence-electron chi connectivity index (χ3n) is 4.61. The minimum Gasteiger partial charge on any atom is -0.342 e. The van der Waals surface area contributed by atoms with Crippen LogP contribution in [0.3, 0.4) is 0 Å². The molecule has 0 radical (unpaired) electrons. The van der Waals surface area contributed by atoms with Crippen LogP contribution in [-0.2, 0) is 9.59 Å². The second kappa shape index (κ2) is 5.75. The van der Waals surface area contributed by atoms with Gasteiger partial charge in [-0.05, 0) is 19.8 Å². The van der Waals surface area contributed by atoms with Crippen LogP contribution in [0.25, 0.3) is 0 Å². The predicted molar refractivity (Wildman–Crippen MR) is 80.8 cm³/mol. The van der Waals surface area contributed by atoms with Crippen LogP contribution in [-0.4, -0.2) is 33.8 Å². The van der Waals surface area contributed by atoms with Crippen LogP contribution in [0.2, 0.25) is 0 Å². The number of thiazole rings is 1. The Morgan fingerprint density at radius 1 is 1.33 bits per heavy atom. The molecular weight excluding hydrogens is 286 g/mol. The summed E-state index contributed by atoms with van der Waals surface area (Å²) in [6.45, 7) is 2.48. The van der Waals surface area contributed by atoms with Gasteiger partial charge in [0.2, 0.25) is 11.8 Å². The van der Waals surface area contributed by atoms with E-state index in [2.05, 4.69) is 10.3 Å². The molecule has 2 aliphatic rings. The van der Waals surface area contributed by atoms with Gasteiger partial charge in [0.25, 0.3) is 0 Å². The number of amides is 2. The average Bonchev–Trinajstić information content (AvgIpc) is 2.98. The zero-order chi connectivity index (χ0) is 14.9. The summed E-state index contributed by atoms with van der Waals surface area (Å²) in [5.74, 6) is 0.0786. The average molecular weight is 307 g/mol. The van der Waals surface area contributed by atoms with Crippen molar-refractivity contribution in [3.8, 4) is 0 Å². The topological polar surface area (TPSA) is 62.3 Å². The molecule has 2 amide bonds. The van der Waals surface area contributed by atoms with Crippen molar-refractivity contribution < 1.29 is 9.59 Å². The van der Waals surface area contributed by atoms with E-state index < -0.39 is 5.54 Å². The lowest BCUT2D eigenvalue weighted by Crippen LogP contribution is -2.58. The van der Waals surface area contributed by atoms with Gasteiger partial charge in [0, 0.05) is 24.5 Å². The summed E-state index contributed by atoms with van der Waals surface area (Å²) >= 11 is 1.56. The van der Waals surface area contributed by atoms with Crippen molar-refractivity contribution in [2.75, 3.05) is 6.54 Å². The van der Waals surface area contributed by atoms with E-state index in [4.69, 9.17) is 0 Å². The number of hydrogen-bond donors (Lipinski definition) is 1. The van der Waals surface area contributed by atoms with Gasteiger partial charge in [0.15, 0.2) is 0 Å². The Morgan fingerprint density at radius 2 is 2.10 bits per heavy atom. The van der Waals surface area contributed by atoms with Gasteiger partial charge in [-0.3, -0.25) is 9.59 Å². The molecule has 1 aliphatic carbocycles. The molecule has 0 aromatic carbocycles. The summed E-state index contributed by atoms with van der Waals surface area (Å²) in [7, 11) is 0. The van der Waals surface area contributed by atoms with Gasteiger partial charge in [-0.15, -0.1) is 11.3 Å². The lowest BCUT2D eigenvalue weighted by molar-refractivity contribution is -0.142. The molecule has 2 heterocycles. The Morgan fingerprint density at radius 3 is 2.76 bits per heavy atom. The van der Waals surface area contributed by atoms with E-state index in [9.17, 15) is 9.59 Å². The Hall–Kier alpha value is -1.43. The monoisotopic (exact) mass is 307 g/mol. The number of hydrogen-bond acceptors (Lipinski definition) is 4. The normalized spacial score (nSPS) is 23.8. The fourth-order valence-corrected chi connectivity index (χ4v) is 4.13. The van der Waals surface area contributed by atoms with Gasteiger partial charge in [-0.25, -0.2) is 4.98 Å². The number of nitrogens with zero attached hydrogens (tertiary/aromatic N) is 2. The van der Waals surface area contributed by atoms with E-state index in [0.29, 0.717) is 13.0 Å². The first kappa shape index (κ1) is 14.5. The van der Waals surface area contributed by atoms with Crippen LogP contribution in [0.15, 0.2) is 11.6 Å². The van der Waals surface area contributed by atoms with Crippen LogP contribution >= 0.6 is 11.3 Å². The molecule has 1 saturated heterocycles. The molecule has 6 heteroatoms. The van der Waals surface area contributed by atoms with Crippen LogP contribution in [0, 0.1) is 0 Å². The summed E-state index contributed by atoms with van der Waals surface area (Å²) < 4.78 is 0. The smallest absolute Gasteiger partial charge is 0.248 e. The van der Waals surface area contributed by atoms with Gasteiger partial charge < -0.3 is 10.2 Å². The number of rotatable bonds is 2. The van der Waals surface area contributed by atoms with Crippen molar-refractivity contribution in [3.05, 3.63) is 16.6 Å². The summed E-state index contributed by atoms with van der Waals surface area (Å²) in [6, 6.07) is -0.0657. The summed E-state index contributed by atoms with van der Waals surface area (Å²) in [5, 5.41) is 5.89. The molecule has 3 rings (SSSR count). The molecule has 1 saturated carbocycles. The quantitative estimate of drug-likeness (QED) is 0.911. The Kier molecular flexibility index (Phi) is 3.97. The van der Waals surface area contributed by atoms with E-state index in [1.807, 2.05) is 17.2 Å². The molecule has 1 spiro atoms. The lowest BCUT2D eigenvalue weighted by atomic mass is 9.80. The maximum atomic E-state index is 13.1. The van der Waals surface area contributed by atoms with E-state index in [1.165, 1.54) is 0 Å². The maximum Gasteiger partial charge on any atom is 0.248 e. The fourth-order valence-electron chi connectivity index (χ4n) is 3.42. The van der Waals surface area contributed by atoms with Crippen molar-refractivity contribution in [2.24, 2.45) is 0 Å². The molecule has 2 fully saturated rings. The maximum absolute atomic E-state index is 13.1. The van der Waals surface area contributed by atoms with Crippen molar-refractivity contribution >= 4 is 23.2 Å². The molecule has 1 aliphatic heterocycles. The third-order valence-corrected chi connectivity index (χ3v) is 5.56. The van der Waals surface area contributed by atoms with Gasteiger partial charge in [-0.2, -0.15) is 0 Å². The molecule has 21 heavy (non-hydrogen) atoms. The summed E-state index contributed by atoms with van der Waals surface area (Å²) in [5.41, 5.74) is -0.669. The Bertz CT molecular complexity index is 523. The molecule has 114 valence electrons. The SMILES string of the molecule is CC(c1nccs1)N1CCC(=O)NC2(CCCCC2)C1=O. The van der Waals surface area contributed by atoms with E-state index in [1.54, 1.807) is 17.5 Å². The molecule has 1 N–H and O–H groups in total. The van der Waals surface area contributed by atoms with E-state index in [-0.39, 0.29) is 17.9 Å². The van der Waals surface area contributed by atoms with Gasteiger partial charge in [0.05, 0.1) is 6.04 Å². The van der Waals surface area contributed by atoms with Crippen LogP contribution in [0.1, 0.15) is 56.5 Å². The third kappa shape index (κ3) is 2.69. The lowest BCUT2D eigenvalue weighted by Gasteiger charge is -2.39. The molecular formula is C15H21N3O2S. The minimum atomic E-state index is -0.669. The van der Waals surface area contributed by atoms with E-state index in [0.717, 1.165) is 37.1 Å². The largest absolute Gasteiger partial charge is 0.342 e. The Balaban J connectivity index is 1.89. The van der Waals surface area contributed by atoms with Crippen molar-refractivity contribution in [1.82, 2.24) is 15.2 Å². The van der Waals surface area contributed by atoms with E-state index >= 15 is 0 Å². The second-order valence-electron chi connectivity index (χ2n) is 5.99. The van der Waals surface area contributed by atoms with Crippen LogP contribution in [0.4, 0.5) is 0 Å². The zero-order valence-corrected chi connectivity index (χ0v) is 13.1. The predicted octanol–water partition coefficient (Wildman–Crippen LogP) is 2.26. The zero-order valence-electron chi connectivity index (χ0n) is 12.3. The number of carbonyl (C=O) groups excluding carboxylic acids is 2. The number of nitrogens with one attached hydrogen (secondary N) is 1. The molecule has 1 aromatic rings. The molecule has 1 aromatic heterocycles. The van der Waals surface area contributed by atoms with Gasteiger partial charge in [0.1, 0.15) is 10.5 Å². The van der Waals surface area contributed by atoms with Crippen LogP contribution < -0.4 is 5.32 Å². The van der Waals surface area contributed by atoms with Gasteiger partial charge in [-0.1, -0.05) is 19.3 Å². The highest BCUT2D eigenvalue weighted by Gasteiger charge is 2.46. The fraction of sp³-hybridized carbons (Fsp3) is 0.667. The number of carbonyl (C=O) groups is 2. The summed E-state index contributed by atoms with van der Waals surface area (Å²) in [4.78, 5) is 31.3. The molecule has 5 nitrogen and oxygen atoms in total. The number of aromatic nitrogens is 1. The first-order valence-corrected chi connectivity index (χ1v) is 8.52.